The Balaban J connectivity index is 0.000000413. The van der Waals surface area contributed by atoms with E-state index in [9.17, 15) is 4.79 Å². The van der Waals surface area contributed by atoms with Crippen LogP contribution >= 0.6 is 0 Å². The van der Waals surface area contributed by atoms with E-state index in [1.165, 1.54) is 0 Å². The van der Waals surface area contributed by atoms with E-state index in [4.69, 9.17) is 29.3 Å². The van der Waals surface area contributed by atoms with Crippen molar-refractivity contribution in [1.29, 1.82) is 0 Å². The van der Waals surface area contributed by atoms with Crippen LogP contribution in [0.3, 0.4) is 0 Å². The van der Waals surface area contributed by atoms with Gasteiger partial charge in [0.2, 0.25) is 0 Å². The number of carboxylic acid groups (broad SMARTS) is 2. The molecular formula is C15H20N2O7. The van der Waals surface area contributed by atoms with E-state index in [-0.39, 0.29) is 12.7 Å². The largest absolute Gasteiger partial charge is 0.473 e. The number of hydrogen-bond donors (Lipinski definition) is 4. The average molecular weight is 340 g/mol. The van der Waals surface area contributed by atoms with E-state index in [1.807, 2.05) is 30.3 Å². The van der Waals surface area contributed by atoms with Crippen LogP contribution in [0.5, 0.6) is 0 Å². The molecule has 132 valence electrons. The van der Waals surface area contributed by atoms with Crippen LogP contribution in [0.1, 0.15) is 5.56 Å². The number of nitrogens with one attached hydrogen (secondary N) is 2. The number of carbonyl (C=O) groups excluding carboxylic acids is 1. The summed E-state index contributed by atoms with van der Waals surface area (Å²) in [6.07, 6.45) is -0.379. The zero-order valence-electron chi connectivity index (χ0n) is 12.9. The van der Waals surface area contributed by atoms with Gasteiger partial charge >= 0.3 is 18.0 Å². The summed E-state index contributed by atoms with van der Waals surface area (Å²) in [5.41, 5.74) is 0.975. The minimum absolute atomic E-state index is 0.0306. The summed E-state index contributed by atoms with van der Waals surface area (Å²) in [6.45, 7) is 3.08. The van der Waals surface area contributed by atoms with E-state index < -0.39 is 18.0 Å². The van der Waals surface area contributed by atoms with Crippen molar-refractivity contribution >= 4 is 18.0 Å². The predicted molar refractivity (Wildman–Crippen MR) is 82.5 cm³/mol. The van der Waals surface area contributed by atoms with Crippen LogP contribution in [0.2, 0.25) is 0 Å². The highest BCUT2D eigenvalue weighted by Gasteiger charge is 2.14. The Bertz CT molecular complexity index is 518. The maximum Gasteiger partial charge on any atom is 0.414 e. The number of carboxylic acids is 2. The monoisotopic (exact) mass is 340 g/mol. The Morgan fingerprint density at radius 1 is 1.21 bits per heavy atom. The molecule has 9 heteroatoms. The normalized spacial score (nSPS) is 16.2. The molecule has 1 aliphatic heterocycles. The first-order chi connectivity index (χ1) is 11.5. The van der Waals surface area contributed by atoms with Crippen LogP contribution in [0.25, 0.3) is 0 Å². The molecule has 1 aliphatic rings. The average Bonchev–Trinajstić information content (AvgIpc) is 2.60. The van der Waals surface area contributed by atoms with Crippen LogP contribution in [0.15, 0.2) is 30.3 Å². The fourth-order valence-electron chi connectivity index (χ4n) is 1.72. The minimum Gasteiger partial charge on any atom is -0.473 e. The molecule has 0 bridgehead atoms. The topological polar surface area (TPSA) is 134 Å². The van der Waals surface area contributed by atoms with Gasteiger partial charge in [-0.2, -0.15) is 0 Å². The molecule has 0 spiro atoms. The van der Waals surface area contributed by atoms with Crippen molar-refractivity contribution in [1.82, 2.24) is 10.6 Å². The standard InChI is InChI=1S/C13H18N2O3.C2H2O4/c16-13(15-9-12-8-14-6-7-17-12)18-10-11-4-2-1-3-5-11;3-1(4)2(5)6/h1-5,12,14H,6-10H2,(H,15,16);(H,3,4)(H,5,6). The molecule has 1 aromatic rings. The van der Waals surface area contributed by atoms with Crippen LogP contribution in [-0.4, -0.2) is 60.6 Å². The molecule has 1 aromatic carbocycles. The number of alkyl carbamates (subject to hydrolysis) is 1. The van der Waals surface area contributed by atoms with Crippen molar-refractivity contribution in [3.63, 3.8) is 0 Å². The molecule has 1 fully saturated rings. The number of aliphatic carboxylic acids is 2. The van der Waals surface area contributed by atoms with Crippen molar-refractivity contribution in [3.05, 3.63) is 35.9 Å². The molecule has 0 saturated carbocycles. The fourth-order valence-corrected chi connectivity index (χ4v) is 1.72. The number of hydrogen-bond acceptors (Lipinski definition) is 6. The van der Waals surface area contributed by atoms with Gasteiger partial charge in [-0.15, -0.1) is 0 Å². The van der Waals surface area contributed by atoms with Crippen molar-refractivity contribution < 1.29 is 34.1 Å². The van der Waals surface area contributed by atoms with Crippen molar-refractivity contribution in [2.45, 2.75) is 12.7 Å². The summed E-state index contributed by atoms with van der Waals surface area (Å²) < 4.78 is 10.6. The molecule has 0 radical (unpaired) electrons. The summed E-state index contributed by atoms with van der Waals surface area (Å²) in [4.78, 5) is 29.6. The summed E-state index contributed by atoms with van der Waals surface area (Å²) in [5.74, 6) is -3.65. The number of ether oxygens (including phenoxy) is 2. The van der Waals surface area contributed by atoms with Crippen LogP contribution in [-0.2, 0) is 25.7 Å². The van der Waals surface area contributed by atoms with E-state index in [0.29, 0.717) is 13.2 Å². The van der Waals surface area contributed by atoms with Crippen LogP contribution < -0.4 is 10.6 Å². The number of morpholine rings is 1. The van der Waals surface area contributed by atoms with Gasteiger partial charge in [0, 0.05) is 19.6 Å². The second-order valence-electron chi connectivity index (χ2n) is 4.75. The van der Waals surface area contributed by atoms with Crippen molar-refractivity contribution in [2.75, 3.05) is 26.2 Å². The molecular weight excluding hydrogens is 320 g/mol. The third-order valence-electron chi connectivity index (χ3n) is 2.87. The molecule has 4 N–H and O–H groups in total. The highest BCUT2D eigenvalue weighted by atomic mass is 16.5. The molecule has 24 heavy (non-hydrogen) atoms. The quantitative estimate of drug-likeness (QED) is 0.565. The van der Waals surface area contributed by atoms with Gasteiger partial charge in [-0.3, -0.25) is 0 Å². The second-order valence-corrected chi connectivity index (χ2v) is 4.75. The molecule has 1 amide bonds. The Labute approximate surface area is 138 Å². The number of rotatable bonds is 4. The highest BCUT2D eigenvalue weighted by molar-refractivity contribution is 6.27. The van der Waals surface area contributed by atoms with E-state index in [0.717, 1.165) is 18.7 Å². The molecule has 1 heterocycles. The van der Waals surface area contributed by atoms with Gasteiger partial charge in [0.15, 0.2) is 0 Å². The van der Waals surface area contributed by atoms with Gasteiger partial charge in [-0.25, -0.2) is 14.4 Å². The van der Waals surface area contributed by atoms with Crippen LogP contribution in [0.4, 0.5) is 4.79 Å². The van der Waals surface area contributed by atoms with Gasteiger partial charge in [0.1, 0.15) is 6.61 Å². The number of carbonyl (C=O) groups is 3. The smallest absolute Gasteiger partial charge is 0.414 e. The lowest BCUT2D eigenvalue weighted by Gasteiger charge is -2.23. The summed E-state index contributed by atoms with van der Waals surface area (Å²) >= 11 is 0. The zero-order valence-corrected chi connectivity index (χ0v) is 12.9. The first kappa shape index (κ1) is 19.4. The predicted octanol–water partition coefficient (Wildman–Crippen LogP) is 0.0568. The van der Waals surface area contributed by atoms with Crippen molar-refractivity contribution in [3.8, 4) is 0 Å². The Kier molecular flexibility index (Phi) is 8.87. The molecule has 1 saturated heterocycles. The molecule has 2 rings (SSSR count). The van der Waals surface area contributed by atoms with Gasteiger partial charge in [-0.05, 0) is 5.56 Å². The molecule has 1 unspecified atom stereocenters. The Morgan fingerprint density at radius 3 is 2.42 bits per heavy atom. The van der Waals surface area contributed by atoms with Gasteiger partial charge in [-0.1, -0.05) is 30.3 Å². The Hall–Kier alpha value is -2.65. The summed E-state index contributed by atoms with van der Waals surface area (Å²) in [6, 6.07) is 9.59. The van der Waals surface area contributed by atoms with E-state index >= 15 is 0 Å². The zero-order chi connectivity index (χ0) is 17.8. The highest BCUT2D eigenvalue weighted by Crippen LogP contribution is 2.00. The number of benzene rings is 1. The first-order valence-electron chi connectivity index (χ1n) is 7.22. The minimum atomic E-state index is -1.82. The van der Waals surface area contributed by atoms with Gasteiger partial charge in [0.05, 0.1) is 12.7 Å². The second kappa shape index (κ2) is 11.0. The van der Waals surface area contributed by atoms with E-state index in [1.54, 1.807) is 0 Å². The maximum absolute atomic E-state index is 11.4. The molecule has 9 nitrogen and oxygen atoms in total. The third kappa shape index (κ3) is 8.71. The lowest BCUT2D eigenvalue weighted by Crippen LogP contribution is -2.45. The molecule has 0 aromatic heterocycles. The summed E-state index contributed by atoms with van der Waals surface area (Å²) in [7, 11) is 0. The lowest BCUT2D eigenvalue weighted by atomic mass is 10.2. The van der Waals surface area contributed by atoms with Crippen LogP contribution in [0, 0.1) is 0 Å². The SMILES string of the molecule is O=C(NCC1CNCCO1)OCc1ccccc1.O=C(O)C(=O)O. The third-order valence-corrected chi connectivity index (χ3v) is 2.87. The Morgan fingerprint density at radius 2 is 1.88 bits per heavy atom. The molecule has 0 aliphatic carbocycles. The lowest BCUT2D eigenvalue weighted by molar-refractivity contribution is -0.159. The van der Waals surface area contributed by atoms with Gasteiger partial charge in [0.25, 0.3) is 0 Å². The fraction of sp³-hybridized carbons (Fsp3) is 0.400. The van der Waals surface area contributed by atoms with Gasteiger partial charge < -0.3 is 30.3 Å². The van der Waals surface area contributed by atoms with E-state index in [2.05, 4.69) is 10.6 Å². The summed E-state index contributed by atoms with van der Waals surface area (Å²) in [5, 5.41) is 20.7. The number of amides is 1. The maximum atomic E-state index is 11.4. The first-order valence-corrected chi connectivity index (χ1v) is 7.22. The van der Waals surface area contributed by atoms with Crippen molar-refractivity contribution in [2.24, 2.45) is 0 Å². The molecule has 1 atom stereocenters.